The van der Waals surface area contributed by atoms with Crippen molar-refractivity contribution in [2.24, 2.45) is 5.16 Å². The zero-order valence-corrected chi connectivity index (χ0v) is 12.6. The Kier molecular flexibility index (Phi) is 5.01. The van der Waals surface area contributed by atoms with Crippen molar-refractivity contribution in [3.05, 3.63) is 59.7 Å². The SMILES string of the molecule is COc1ccc(C(O)(CC=NO)c2ccc(OC)cc2)cc1. The van der Waals surface area contributed by atoms with E-state index in [1.807, 2.05) is 0 Å². The minimum absolute atomic E-state index is 0.141. The van der Waals surface area contributed by atoms with Crippen LogP contribution in [0.2, 0.25) is 0 Å². The fourth-order valence-electron chi connectivity index (χ4n) is 2.31. The van der Waals surface area contributed by atoms with Gasteiger partial charge in [0.2, 0.25) is 0 Å². The summed E-state index contributed by atoms with van der Waals surface area (Å²) >= 11 is 0. The van der Waals surface area contributed by atoms with E-state index < -0.39 is 5.60 Å². The van der Waals surface area contributed by atoms with E-state index in [2.05, 4.69) is 5.16 Å². The van der Waals surface area contributed by atoms with Crippen LogP contribution in [0.25, 0.3) is 0 Å². The largest absolute Gasteiger partial charge is 0.497 e. The maximum Gasteiger partial charge on any atom is 0.120 e. The van der Waals surface area contributed by atoms with E-state index in [4.69, 9.17) is 14.7 Å². The lowest BCUT2D eigenvalue weighted by Gasteiger charge is -2.28. The number of hydrogen-bond donors (Lipinski definition) is 2. The van der Waals surface area contributed by atoms with Gasteiger partial charge in [0.05, 0.1) is 14.2 Å². The molecule has 2 N–H and O–H groups in total. The van der Waals surface area contributed by atoms with Crippen LogP contribution >= 0.6 is 0 Å². The van der Waals surface area contributed by atoms with Crippen LogP contribution in [0, 0.1) is 0 Å². The van der Waals surface area contributed by atoms with Gasteiger partial charge in [0.15, 0.2) is 0 Å². The molecule has 0 amide bonds. The van der Waals surface area contributed by atoms with E-state index in [0.717, 1.165) is 0 Å². The molecule has 5 nitrogen and oxygen atoms in total. The third-order valence-corrected chi connectivity index (χ3v) is 3.60. The lowest BCUT2D eigenvalue weighted by molar-refractivity contribution is 0.0891. The minimum atomic E-state index is -1.30. The van der Waals surface area contributed by atoms with Crippen LogP contribution in [-0.2, 0) is 5.60 Å². The molecular formula is C17H19NO4. The van der Waals surface area contributed by atoms with Gasteiger partial charge in [-0.05, 0) is 35.4 Å². The molecule has 22 heavy (non-hydrogen) atoms. The number of nitrogens with zero attached hydrogens (tertiary/aromatic N) is 1. The van der Waals surface area contributed by atoms with E-state index in [1.165, 1.54) is 6.21 Å². The first-order valence-electron chi connectivity index (χ1n) is 6.81. The van der Waals surface area contributed by atoms with Gasteiger partial charge in [0.1, 0.15) is 17.1 Å². The second-order valence-electron chi connectivity index (χ2n) is 4.82. The van der Waals surface area contributed by atoms with Crippen LogP contribution in [0.4, 0.5) is 0 Å². The summed E-state index contributed by atoms with van der Waals surface area (Å²) in [7, 11) is 3.17. The zero-order chi connectivity index (χ0) is 16.0. The average molecular weight is 301 g/mol. The molecule has 0 fully saturated rings. The molecule has 2 aromatic rings. The van der Waals surface area contributed by atoms with Crippen molar-refractivity contribution in [1.29, 1.82) is 0 Å². The normalized spacial score (nSPS) is 11.6. The fraction of sp³-hybridized carbons (Fsp3) is 0.235. The van der Waals surface area contributed by atoms with Crippen LogP contribution in [0.15, 0.2) is 53.7 Å². The molecule has 0 saturated carbocycles. The monoisotopic (exact) mass is 301 g/mol. The number of benzene rings is 2. The van der Waals surface area contributed by atoms with Gasteiger partial charge in [-0.2, -0.15) is 0 Å². The first kappa shape index (κ1) is 15.9. The second-order valence-corrected chi connectivity index (χ2v) is 4.82. The van der Waals surface area contributed by atoms with Crippen LogP contribution in [0.1, 0.15) is 17.5 Å². The molecule has 0 saturated heterocycles. The van der Waals surface area contributed by atoms with Gasteiger partial charge in [-0.15, -0.1) is 5.16 Å². The molecule has 0 heterocycles. The summed E-state index contributed by atoms with van der Waals surface area (Å²) in [6.45, 7) is 0. The Hall–Kier alpha value is -2.53. The molecule has 0 spiro atoms. The van der Waals surface area contributed by atoms with Crippen LogP contribution in [0.5, 0.6) is 11.5 Å². The molecule has 0 atom stereocenters. The van der Waals surface area contributed by atoms with E-state index in [0.29, 0.717) is 22.6 Å². The first-order valence-corrected chi connectivity index (χ1v) is 6.81. The maximum atomic E-state index is 11.1. The second kappa shape index (κ2) is 6.95. The Bertz CT molecular complexity index is 573. The third kappa shape index (κ3) is 3.20. The molecule has 5 heteroatoms. The first-order chi connectivity index (χ1) is 10.6. The van der Waals surface area contributed by atoms with Gasteiger partial charge < -0.3 is 19.8 Å². The Balaban J connectivity index is 2.44. The van der Waals surface area contributed by atoms with Crippen molar-refractivity contribution in [2.45, 2.75) is 12.0 Å². The molecular weight excluding hydrogens is 282 g/mol. The average Bonchev–Trinajstić information content (AvgIpc) is 2.59. The summed E-state index contributed by atoms with van der Waals surface area (Å²) < 4.78 is 10.3. The number of oxime groups is 1. The van der Waals surface area contributed by atoms with Gasteiger partial charge in [-0.25, -0.2) is 0 Å². The van der Waals surface area contributed by atoms with E-state index in [-0.39, 0.29) is 6.42 Å². The lowest BCUT2D eigenvalue weighted by Crippen LogP contribution is -2.27. The predicted octanol–water partition coefficient (Wildman–Crippen LogP) is 2.79. The highest BCUT2D eigenvalue weighted by atomic mass is 16.5. The molecule has 0 aromatic heterocycles. The highest BCUT2D eigenvalue weighted by Gasteiger charge is 2.30. The van der Waals surface area contributed by atoms with Crippen LogP contribution < -0.4 is 9.47 Å². The molecule has 0 bridgehead atoms. The predicted molar refractivity (Wildman–Crippen MR) is 83.9 cm³/mol. The number of rotatable bonds is 6. The highest BCUT2D eigenvalue weighted by molar-refractivity contribution is 5.61. The molecule has 0 aliphatic heterocycles. The van der Waals surface area contributed by atoms with Gasteiger partial charge in [-0.1, -0.05) is 24.3 Å². The molecule has 0 aliphatic rings. The molecule has 116 valence electrons. The number of hydrogen-bond acceptors (Lipinski definition) is 5. The van der Waals surface area contributed by atoms with Gasteiger partial charge in [0.25, 0.3) is 0 Å². The molecule has 0 unspecified atom stereocenters. The summed E-state index contributed by atoms with van der Waals surface area (Å²) in [5.74, 6) is 1.41. The van der Waals surface area contributed by atoms with Crippen molar-refractivity contribution in [3.63, 3.8) is 0 Å². The molecule has 2 aromatic carbocycles. The summed E-state index contributed by atoms with van der Waals surface area (Å²) in [5.41, 5.74) is 0.0573. The minimum Gasteiger partial charge on any atom is -0.497 e. The summed E-state index contributed by atoms with van der Waals surface area (Å²) in [6, 6.07) is 14.3. The topological polar surface area (TPSA) is 71.3 Å². The van der Waals surface area contributed by atoms with Crippen LogP contribution in [-0.4, -0.2) is 30.7 Å². The van der Waals surface area contributed by atoms with E-state index >= 15 is 0 Å². The van der Waals surface area contributed by atoms with E-state index in [1.54, 1.807) is 62.8 Å². The number of ether oxygens (including phenoxy) is 2. The Labute approximate surface area is 129 Å². The third-order valence-electron chi connectivity index (χ3n) is 3.60. The summed E-state index contributed by atoms with van der Waals surface area (Å²) in [6.07, 6.45) is 1.41. The van der Waals surface area contributed by atoms with E-state index in [9.17, 15) is 5.11 Å². The van der Waals surface area contributed by atoms with Gasteiger partial charge >= 0.3 is 0 Å². The molecule has 0 radical (unpaired) electrons. The number of aliphatic hydroxyl groups is 1. The standard InChI is InChI=1S/C17H19NO4/c1-21-15-7-3-13(4-8-15)17(19,11-12-18-20)14-5-9-16(22-2)10-6-14/h3-10,12,19-20H,11H2,1-2H3. The summed E-state index contributed by atoms with van der Waals surface area (Å²) in [4.78, 5) is 0. The maximum absolute atomic E-state index is 11.1. The van der Waals surface area contributed by atoms with Crippen molar-refractivity contribution in [1.82, 2.24) is 0 Å². The van der Waals surface area contributed by atoms with Crippen molar-refractivity contribution in [3.8, 4) is 11.5 Å². The van der Waals surface area contributed by atoms with Crippen molar-refractivity contribution >= 4 is 6.21 Å². The smallest absolute Gasteiger partial charge is 0.120 e. The highest BCUT2D eigenvalue weighted by Crippen LogP contribution is 2.34. The Morgan fingerprint density at radius 2 is 1.32 bits per heavy atom. The fourth-order valence-corrected chi connectivity index (χ4v) is 2.31. The van der Waals surface area contributed by atoms with Crippen molar-refractivity contribution < 1.29 is 19.8 Å². The zero-order valence-electron chi connectivity index (χ0n) is 12.6. The Morgan fingerprint density at radius 1 is 0.909 bits per heavy atom. The van der Waals surface area contributed by atoms with Crippen LogP contribution in [0.3, 0.4) is 0 Å². The van der Waals surface area contributed by atoms with Gasteiger partial charge in [-0.3, -0.25) is 0 Å². The molecule has 0 aliphatic carbocycles. The summed E-state index contributed by atoms with van der Waals surface area (Å²) in [5, 5.41) is 22.8. The van der Waals surface area contributed by atoms with Crippen molar-refractivity contribution in [2.75, 3.05) is 14.2 Å². The number of methoxy groups -OCH3 is 2. The quantitative estimate of drug-likeness (QED) is 0.489. The Morgan fingerprint density at radius 3 is 1.64 bits per heavy atom. The van der Waals surface area contributed by atoms with Gasteiger partial charge in [0, 0.05) is 12.6 Å². The lowest BCUT2D eigenvalue weighted by atomic mass is 9.84. The molecule has 2 rings (SSSR count).